The summed E-state index contributed by atoms with van der Waals surface area (Å²) in [5.41, 5.74) is 6.37. The number of ether oxygens (including phenoxy) is 2. The lowest BCUT2D eigenvalue weighted by Gasteiger charge is -2.35. The molecule has 0 amide bonds. The van der Waals surface area contributed by atoms with Gasteiger partial charge in [-0.3, -0.25) is 4.99 Å². The average molecular weight is 456 g/mol. The quantitative estimate of drug-likeness (QED) is 0.218. The van der Waals surface area contributed by atoms with E-state index in [1.54, 1.807) is 7.11 Å². The molecular formula is C28H42NO2P. The summed E-state index contributed by atoms with van der Waals surface area (Å²) in [5.74, 6) is 0.976. The Bertz CT molecular complexity index is 930. The normalized spacial score (nSPS) is 14.4. The number of rotatable bonds is 10. The lowest BCUT2D eigenvalue weighted by molar-refractivity contribution is 0.0495. The van der Waals surface area contributed by atoms with Gasteiger partial charge in [0.1, 0.15) is 5.75 Å². The molecule has 0 aliphatic carbocycles. The SMILES string of the molecule is CCCCC(C)(Pc1ccc(C)cc1/C=N/C)c1cc(C(C)(C)C)cc(C)c1OCOC. The number of hydrogen-bond acceptors (Lipinski definition) is 3. The van der Waals surface area contributed by atoms with Crippen molar-refractivity contribution >= 4 is 20.1 Å². The van der Waals surface area contributed by atoms with Gasteiger partial charge in [-0.2, -0.15) is 0 Å². The minimum absolute atomic E-state index is 0.0449. The standard InChI is InChI=1S/C28H42NO2P/c1-10-11-14-28(7,32-25-13-12-20(2)15-22(25)18-29-8)24-17-23(27(4,5)6)16-21(3)26(24)31-19-30-9/h12-13,15-18,32H,10-11,14,19H2,1-9H3/b29-18+. The Kier molecular flexibility index (Phi) is 9.49. The Balaban J connectivity index is 2.71. The van der Waals surface area contributed by atoms with E-state index in [4.69, 9.17) is 9.47 Å². The van der Waals surface area contributed by atoms with Crippen LogP contribution >= 0.6 is 8.58 Å². The molecule has 4 heteroatoms. The van der Waals surface area contributed by atoms with E-state index in [1.807, 2.05) is 13.3 Å². The van der Waals surface area contributed by atoms with Crippen LogP contribution in [0.15, 0.2) is 35.3 Å². The van der Waals surface area contributed by atoms with Crippen molar-refractivity contribution in [2.75, 3.05) is 21.0 Å². The van der Waals surface area contributed by atoms with Crippen LogP contribution in [0.3, 0.4) is 0 Å². The van der Waals surface area contributed by atoms with Crippen LogP contribution in [0.4, 0.5) is 0 Å². The summed E-state index contributed by atoms with van der Waals surface area (Å²) in [5, 5.41) is 1.31. The molecule has 2 unspecified atom stereocenters. The first-order chi connectivity index (χ1) is 15.1. The Morgan fingerprint density at radius 2 is 1.78 bits per heavy atom. The molecule has 2 rings (SSSR count). The van der Waals surface area contributed by atoms with Gasteiger partial charge in [0.05, 0.1) is 0 Å². The summed E-state index contributed by atoms with van der Waals surface area (Å²) in [6, 6.07) is 11.4. The third kappa shape index (κ3) is 6.65. The van der Waals surface area contributed by atoms with Crippen molar-refractivity contribution in [3.63, 3.8) is 0 Å². The molecule has 0 saturated heterocycles. The second-order valence-electron chi connectivity index (χ2n) is 10.0. The summed E-state index contributed by atoms with van der Waals surface area (Å²) in [4.78, 5) is 4.33. The van der Waals surface area contributed by atoms with Crippen molar-refractivity contribution in [1.29, 1.82) is 0 Å². The van der Waals surface area contributed by atoms with Crippen molar-refractivity contribution < 1.29 is 9.47 Å². The van der Waals surface area contributed by atoms with Crippen molar-refractivity contribution in [3.8, 4) is 5.75 Å². The topological polar surface area (TPSA) is 30.8 Å². The molecule has 0 heterocycles. The monoisotopic (exact) mass is 455 g/mol. The van der Waals surface area contributed by atoms with E-state index in [0.29, 0.717) is 8.58 Å². The second kappa shape index (κ2) is 11.4. The van der Waals surface area contributed by atoms with Crippen LogP contribution in [0.5, 0.6) is 5.75 Å². The van der Waals surface area contributed by atoms with Crippen molar-refractivity contribution in [2.45, 2.75) is 78.3 Å². The molecule has 0 spiro atoms. The van der Waals surface area contributed by atoms with E-state index in [9.17, 15) is 0 Å². The van der Waals surface area contributed by atoms with E-state index in [2.05, 4.69) is 83.8 Å². The van der Waals surface area contributed by atoms with Gasteiger partial charge in [0.15, 0.2) is 6.79 Å². The molecular weight excluding hydrogens is 413 g/mol. The molecule has 0 bridgehead atoms. The highest BCUT2D eigenvalue weighted by molar-refractivity contribution is 7.48. The van der Waals surface area contributed by atoms with Crippen LogP contribution < -0.4 is 10.0 Å². The Labute approximate surface area is 197 Å². The van der Waals surface area contributed by atoms with Crippen molar-refractivity contribution in [3.05, 3.63) is 58.1 Å². The van der Waals surface area contributed by atoms with Crippen molar-refractivity contribution in [1.82, 2.24) is 0 Å². The smallest absolute Gasteiger partial charge is 0.188 e. The van der Waals surface area contributed by atoms with Crippen LogP contribution in [0.2, 0.25) is 0 Å². The highest BCUT2D eigenvalue weighted by atomic mass is 31.1. The maximum atomic E-state index is 6.20. The summed E-state index contributed by atoms with van der Waals surface area (Å²) < 4.78 is 11.5. The lowest BCUT2D eigenvalue weighted by Crippen LogP contribution is -2.24. The van der Waals surface area contributed by atoms with Crippen LogP contribution in [0.1, 0.15) is 81.7 Å². The number of methoxy groups -OCH3 is 1. The summed E-state index contributed by atoms with van der Waals surface area (Å²) in [6.45, 7) is 16.1. The minimum atomic E-state index is -0.0449. The lowest BCUT2D eigenvalue weighted by atomic mass is 9.82. The van der Waals surface area contributed by atoms with Gasteiger partial charge >= 0.3 is 0 Å². The molecule has 0 N–H and O–H groups in total. The average Bonchev–Trinajstić information content (AvgIpc) is 2.72. The van der Waals surface area contributed by atoms with E-state index in [1.165, 1.54) is 46.0 Å². The molecule has 0 fully saturated rings. The Morgan fingerprint density at radius 1 is 1.06 bits per heavy atom. The molecule has 0 aliphatic heterocycles. The zero-order valence-corrected chi connectivity index (χ0v) is 22.6. The first-order valence-corrected chi connectivity index (χ1v) is 12.6. The fourth-order valence-corrected chi connectivity index (χ4v) is 5.72. The molecule has 0 aliphatic rings. The molecule has 2 aromatic carbocycles. The third-order valence-corrected chi connectivity index (χ3v) is 7.77. The maximum Gasteiger partial charge on any atom is 0.188 e. The van der Waals surface area contributed by atoms with Gasteiger partial charge in [-0.05, 0) is 53.7 Å². The molecule has 2 aromatic rings. The fraction of sp³-hybridized carbons (Fsp3) is 0.536. The summed E-state index contributed by atoms with van der Waals surface area (Å²) in [7, 11) is 4.13. The first kappa shape index (κ1) is 26.6. The second-order valence-corrected chi connectivity index (χ2v) is 11.9. The van der Waals surface area contributed by atoms with Gasteiger partial charge < -0.3 is 9.47 Å². The van der Waals surface area contributed by atoms with Gasteiger partial charge in [0.2, 0.25) is 0 Å². The Morgan fingerprint density at radius 3 is 2.38 bits per heavy atom. The van der Waals surface area contributed by atoms with Gasteiger partial charge in [0, 0.05) is 31.1 Å². The first-order valence-electron chi connectivity index (χ1n) is 11.6. The molecule has 3 nitrogen and oxygen atoms in total. The summed E-state index contributed by atoms with van der Waals surface area (Å²) >= 11 is 0. The van der Waals surface area contributed by atoms with Crippen LogP contribution in [0.25, 0.3) is 0 Å². The highest BCUT2D eigenvalue weighted by Gasteiger charge is 2.33. The van der Waals surface area contributed by atoms with E-state index in [0.717, 1.165) is 12.2 Å². The minimum Gasteiger partial charge on any atom is -0.467 e. The maximum absolute atomic E-state index is 6.20. The van der Waals surface area contributed by atoms with E-state index in [-0.39, 0.29) is 17.4 Å². The number of hydrogen-bond donors (Lipinski definition) is 0. The predicted octanol–water partition coefficient (Wildman–Crippen LogP) is 7.04. The van der Waals surface area contributed by atoms with E-state index >= 15 is 0 Å². The fourth-order valence-electron chi connectivity index (χ4n) is 4.06. The molecule has 0 aromatic heterocycles. The predicted molar refractivity (Wildman–Crippen MR) is 142 cm³/mol. The number of unbranched alkanes of at least 4 members (excludes halogenated alkanes) is 1. The largest absolute Gasteiger partial charge is 0.467 e. The summed E-state index contributed by atoms with van der Waals surface area (Å²) in [6.07, 6.45) is 5.45. The zero-order chi connectivity index (χ0) is 23.9. The number of benzene rings is 2. The number of aryl methyl sites for hydroxylation is 2. The van der Waals surface area contributed by atoms with Crippen LogP contribution in [0, 0.1) is 13.8 Å². The zero-order valence-electron chi connectivity index (χ0n) is 21.6. The molecule has 0 saturated carbocycles. The Hall–Kier alpha value is -1.70. The van der Waals surface area contributed by atoms with Crippen LogP contribution in [-0.4, -0.2) is 27.2 Å². The molecule has 2 atom stereocenters. The van der Waals surface area contributed by atoms with Crippen molar-refractivity contribution in [2.24, 2.45) is 4.99 Å². The van der Waals surface area contributed by atoms with Crippen LogP contribution in [-0.2, 0) is 15.3 Å². The molecule has 0 radical (unpaired) electrons. The highest BCUT2D eigenvalue weighted by Crippen LogP contribution is 2.50. The van der Waals surface area contributed by atoms with Gasteiger partial charge in [0.25, 0.3) is 0 Å². The van der Waals surface area contributed by atoms with Gasteiger partial charge in [-0.15, -0.1) is 0 Å². The third-order valence-electron chi connectivity index (χ3n) is 5.97. The van der Waals surface area contributed by atoms with Gasteiger partial charge in [-0.25, -0.2) is 0 Å². The van der Waals surface area contributed by atoms with Gasteiger partial charge in [-0.1, -0.05) is 85.9 Å². The number of aliphatic imine (C=N–C) groups is 1. The molecule has 176 valence electrons. The van der Waals surface area contributed by atoms with E-state index < -0.39 is 0 Å². The molecule has 32 heavy (non-hydrogen) atoms. The number of nitrogens with zero attached hydrogens (tertiary/aromatic N) is 1.